The summed E-state index contributed by atoms with van der Waals surface area (Å²) in [6.07, 6.45) is 8.66. The highest BCUT2D eigenvalue weighted by Gasteiger charge is 2.19. The maximum Gasteiger partial charge on any atom is 0.115 e. The summed E-state index contributed by atoms with van der Waals surface area (Å²) in [5.74, 6) is 4.85. The number of phenols is 1. The Kier molecular flexibility index (Phi) is 4.98. The summed E-state index contributed by atoms with van der Waals surface area (Å²) in [5.41, 5.74) is 2.64. The van der Waals surface area contributed by atoms with Crippen molar-refractivity contribution in [3.63, 3.8) is 0 Å². The molecule has 0 aliphatic heterocycles. The molecule has 1 aliphatic rings. The fourth-order valence-electron chi connectivity index (χ4n) is 2.45. The summed E-state index contributed by atoms with van der Waals surface area (Å²) in [5, 5.41) is 13.1. The predicted octanol–water partition coefficient (Wildman–Crippen LogP) is 2.73. The van der Waals surface area contributed by atoms with Gasteiger partial charge in [-0.15, -0.1) is 18.2 Å². The lowest BCUT2D eigenvalue weighted by atomic mass is 9.87. The summed E-state index contributed by atoms with van der Waals surface area (Å²) in [6, 6.07) is 6.17. The fraction of sp³-hybridized carbons (Fsp3) is 0.467. The monoisotopic (exact) mass is 261 g/mol. The van der Waals surface area contributed by atoms with Gasteiger partial charge in [0.25, 0.3) is 0 Å². The Morgan fingerprint density at radius 3 is 3.22 bits per heavy atom. The van der Waals surface area contributed by atoms with Crippen molar-refractivity contribution in [3.8, 4) is 18.1 Å². The summed E-state index contributed by atoms with van der Waals surface area (Å²) < 4.78 is 0. The Morgan fingerprint density at radius 1 is 1.50 bits per heavy atom. The van der Waals surface area contributed by atoms with E-state index in [0.29, 0.717) is 11.8 Å². The number of hydrogen-bond donors (Lipinski definition) is 2. The minimum absolute atomic E-state index is 0.374. The van der Waals surface area contributed by atoms with Crippen LogP contribution >= 0.6 is 11.8 Å². The zero-order chi connectivity index (χ0) is 12.8. The van der Waals surface area contributed by atoms with Crippen LogP contribution in [0.1, 0.15) is 30.0 Å². The number of benzene rings is 1. The molecule has 0 saturated carbocycles. The molecular weight excluding hydrogens is 242 g/mol. The van der Waals surface area contributed by atoms with Crippen LogP contribution < -0.4 is 5.32 Å². The topological polar surface area (TPSA) is 32.3 Å². The third-order valence-electron chi connectivity index (χ3n) is 3.26. The molecule has 0 aromatic heterocycles. The van der Waals surface area contributed by atoms with Gasteiger partial charge in [-0.05, 0) is 42.5 Å². The van der Waals surface area contributed by atoms with Crippen molar-refractivity contribution in [1.82, 2.24) is 5.32 Å². The largest absolute Gasteiger partial charge is 0.508 e. The third kappa shape index (κ3) is 3.44. The molecule has 18 heavy (non-hydrogen) atoms. The van der Waals surface area contributed by atoms with Gasteiger partial charge in [-0.3, -0.25) is 0 Å². The lowest BCUT2D eigenvalue weighted by molar-refractivity contribution is 0.458. The van der Waals surface area contributed by atoms with E-state index < -0.39 is 0 Å². The van der Waals surface area contributed by atoms with Crippen molar-refractivity contribution >= 4 is 11.8 Å². The van der Waals surface area contributed by atoms with E-state index in [0.717, 1.165) is 24.5 Å². The van der Waals surface area contributed by atoms with Gasteiger partial charge in [0, 0.05) is 18.3 Å². The van der Waals surface area contributed by atoms with Crippen molar-refractivity contribution in [2.75, 3.05) is 18.1 Å². The first-order valence-corrected chi connectivity index (χ1v) is 7.53. The van der Waals surface area contributed by atoms with E-state index in [4.69, 9.17) is 6.42 Å². The molecule has 2 N–H and O–H groups in total. The van der Waals surface area contributed by atoms with Crippen LogP contribution in [0.4, 0.5) is 0 Å². The van der Waals surface area contributed by atoms with Crippen molar-refractivity contribution in [3.05, 3.63) is 29.3 Å². The number of fused-ring (bicyclic) bond motifs is 1. The maximum absolute atomic E-state index is 9.51. The molecular formula is C15H19NOS. The Bertz CT molecular complexity index is 439. The molecule has 0 radical (unpaired) electrons. The quantitative estimate of drug-likeness (QED) is 0.631. The van der Waals surface area contributed by atoms with E-state index >= 15 is 0 Å². The number of rotatable bonds is 5. The van der Waals surface area contributed by atoms with Gasteiger partial charge < -0.3 is 10.4 Å². The molecule has 0 bridgehead atoms. The van der Waals surface area contributed by atoms with Crippen LogP contribution in [0, 0.1) is 12.3 Å². The van der Waals surface area contributed by atoms with Gasteiger partial charge in [0.05, 0.1) is 5.75 Å². The number of nitrogens with one attached hydrogen (secondary N) is 1. The van der Waals surface area contributed by atoms with Crippen LogP contribution in [0.2, 0.25) is 0 Å². The van der Waals surface area contributed by atoms with E-state index in [1.54, 1.807) is 17.8 Å². The highest BCUT2D eigenvalue weighted by molar-refractivity contribution is 7.99. The van der Waals surface area contributed by atoms with E-state index in [1.807, 2.05) is 6.07 Å². The van der Waals surface area contributed by atoms with Gasteiger partial charge in [0.2, 0.25) is 0 Å². The minimum atomic E-state index is 0.374. The smallest absolute Gasteiger partial charge is 0.115 e. The first kappa shape index (κ1) is 13.3. The highest BCUT2D eigenvalue weighted by Crippen LogP contribution is 2.31. The van der Waals surface area contributed by atoms with Gasteiger partial charge in [0.15, 0.2) is 0 Å². The second-order valence-corrected chi connectivity index (χ2v) is 5.64. The van der Waals surface area contributed by atoms with E-state index in [-0.39, 0.29) is 0 Å². The Hall–Kier alpha value is -1.11. The minimum Gasteiger partial charge on any atom is -0.508 e. The number of aryl methyl sites for hydroxylation is 1. The van der Waals surface area contributed by atoms with Gasteiger partial charge in [-0.2, -0.15) is 0 Å². The molecule has 3 heteroatoms. The lowest BCUT2D eigenvalue weighted by Crippen LogP contribution is -2.27. The van der Waals surface area contributed by atoms with Crippen LogP contribution in [0.25, 0.3) is 0 Å². The molecule has 0 heterocycles. The molecule has 1 aromatic rings. The Labute approximate surface area is 113 Å². The molecule has 0 amide bonds. The van der Waals surface area contributed by atoms with Crippen molar-refractivity contribution in [2.45, 2.75) is 25.3 Å². The molecule has 1 aromatic carbocycles. The molecule has 1 unspecified atom stereocenters. The molecule has 0 saturated heterocycles. The van der Waals surface area contributed by atoms with Gasteiger partial charge in [-0.1, -0.05) is 12.0 Å². The lowest BCUT2D eigenvalue weighted by Gasteiger charge is -2.26. The molecule has 96 valence electrons. The van der Waals surface area contributed by atoms with E-state index in [1.165, 1.54) is 24.0 Å². The second-order valence-electron chi connectivity index (χ2n) is 4.54. The van der Waals surface area contributed by atoms with Crippen LogP contribution in [0.3, 0.4) is 0 Å². The number of terminal acetylenes is 1. The SMILES string of the molecule is C#CCSCCNC1CCCc2cc(O)ccc21. The molecule has 0 spiro atoms. The molecule has 1 aliphatic carbocycles. The zero-order valence-electron chi connectivity index (χ0n) is 10.5. The van der Waals surface area contributed by atoms with Crippen molar-refractivity contribution in [1.29, 1.82) is 0 Å². The summed E-state index contributed by atoms with van der Waals surface area (Å²) in [4.78, 5) is 0. The summed E-state index contributed by atoms with van der Waals surface area (Å²) in [6.45, 7) is 0.983. The normalized spacial score (nSPS) is 18.1. The fourth-order valence-corrected chi connectivity index (χ4v) is 2.97. The van der Waals surface area contributed by atoms with Crippen LogP contribution in [0.15, 0.2) is 18.2 Å². The average molecular weight is 261 g/mol. The maximum atomic E-state index is 9.51. The first-order valence-electron chi connectivity index (χ1n) is 6.37. The van der Waals surface area contributed by atoms with Crippen molar-refractivity contribution < 1.29 is 5.11 Å². The van der Waals surface area contributed by atoms with Gasteiger partial charge >= 0.3 is 0 Å². The first-order chi connectivity index (χ1) is 8.81. The molecule has 1 atom stereocenters. The number of phenolic OH excluding ortho intramolecular Hbond substituents is 1. The van der Waals surface area contributed by atoms with Gasteiger partial charge in [0.1, 0.15) is 5.75 Å². The van der Waals surface area contributed by atoms with Crippen molar-refractivity contribution in [2.24, 2.45) is 0 Å². The summed E-state index contributed by atoms with van der Waals surface area (Å²) >= 11 is 1.79. The van der Waals surface area contributed by atoms with Gasteiger partial charge in [-0.25, -0.2) is 0 Å². The number of hydrogen-bond acceptors (Lipinski definition) is 3. The predicted molar refractivity (Wildman–Crippen MR) is 77.9 cm³/mol. The Balaban J connectivity index is 1.90. The van der Waals surface area contributed by atoms with E-state index in [9.17, 15) is 5.11 Å². The standard InChI is InChI=1S/C15H19NOS/c1-2-9-18-10-8-16-15-5-3-4-12-11-13(17)6-7-14(12)15/h1,6-7,11,15-17H,3-5,8-10H2. The molecule has 0 fully saturated rings. The van der Waals surface area contributed by atoms with Crippen LogP contribution in [-0.2, 0) is 6.42 Å². The Morgan fingerprint density at radius 2 is 2.39 bits per heavy atom. The van der Waals surface area contributed by atoms with E-state index in [2.05, 4.69) is 17.3 Å². The third-order valence-corrected chi connectivity index (χ3v) is 4.13. The van der Waals surface area contributed by atoms with Crippen LogP contribution in [0.5, 0.6) is 5.75 Å². The number of aromatic hydroxyl groups is 1. The average Bonchev–Trinajstić information content (AvgIpc) is 2.38. The number of thioether (sulfide) groups is 1. The van der Waals surface area contributed by atoms with Crippen LogP contribution in [-0.4, -0.2) is 23.2 Å². The molecule has 2 nitrogen and oxygen atoms in total. The zero-order valence-corrected chi connectivity index (χ0v) is 11.3. The molecule has 2 rings (SSSR count). The summed E-state index contributed by atoms with van der Waals surface area (Å²) in [7, 11) is 0. The highest BCUT2D eigenvalue weighted by atomic mass is 32.2. The second kappa shape index (κ2) is 6.72.